The van der Waals surface area contributed by atoms with E-state index in [-0.39, 0.29) is 18.5 Å². The lowest BCUT2D eigenvalue weighted by atomic mass is 10.1. The van der Waals surface area contributed by atoms with E-state index in [1.54, 1.807) is 32.9 Å². The first-order chi connectivity index (χ1) is 10.7. The number of carbonyl (C=O) groups excluding carboxylic acids is 1. The van der Waals surface area contributed by atoms with Crippen LogP contribution in [-0.4, -0.2) is 36.0 Å². The molecule has 1 saturated heterocycles. The predicted molar refractivity (Wildman–Crippen MR) is 86.9 cm³/mol. The summed E-state index contributed by atoms with van der Waals surface area (Å²) in [6.45, 7) is 6.87. The lowest BCUT2D eigenvalue weighted by Crippen LogP contribution is -2.36. The Hall–Kier alpha value is -1.82. The van der Waals surface area contributed by atoms with Crippen molar-refractivity contribution in [2.24, 2.45) is 0 Å². The van der Waals surface area contributed by atoms with Crippen molar-refractivity contribution >= 4 is 11.8 Å². The molecule has 1 aliphatic heterocycles. The van der Waals surface area contributed by atoms with Crippen LogP contribution >= 0.6 is 0 Å². The molecule has 0 unspecified atom stereocenters. The lowest BCUT2D eigenvalue weighted by Gasteiger charge is -2.31. The SMILES string of the molecule is CC(C)(C)OC(=O)NCc1ccc(N2CCC(O)CC2)c(F)c1. The van der Waals surface area contributed by atoms with Crippen molar-refractivity contribution in [3.8, 4) is 0 Å². The smallest absolute Gasteiger partial charge is 0.407 e. The van der Waals surface area contributed by atoms with Crippen molar-refractivity contribution < 1.29 is 19.0 Å². The van der Waals surface area contributed by atoms with Crippen LogP contribution in [0.5, 0.6) is 0 Å². The van der Waals surface area contributed by atoms with Gasteiger partial charge in [-0.25, -0.2) is 9.18 Å². The van der Waals surface area contributed by atoms with E-state index in [2.05, 4.69) is 5.32 Å². The summed E-state index contributed by atoms with van der Waals surface area (Å²) < 4.78 is 19.4. The third-order valence-electron chi connectivity index (χ3n) is 3.65. The summed E-state index contributed by atoms with van der Waals surface area (Å²) >= 11 is 0. The maximum atomic E-state index is 14.3. The second kappa shape index (κ2) is 7.17. The Labute approximate surface area is 136 Å². The van der Waals surface area contributed by atoms with Crippen LogP contribution in [0.1, 0.15) is 39.2 Å². The van der Waals surface area contributed by atoms with Gasteiger partial charge in [-0.2, -0.15) is 0 Å². The van der Waals surface area contributed by atoms with E-state index in [9.17, 15) is 14.3 Å². The van der Waals surface area contributed by atoms with Gasteiger partial charge in [0.25, 0.3) is 0 Å². The molecule has 2 rings (SSSR count). The van der Waals surface area contributed by atoms with Crippen LogP contribution in [-0.2, 0) is 11.3 Å². The summed E-state index contributed by atoms with van der Waals surface area (Å²) in [5.74, 6) is -0.315. The molecule has 0 atom stereocenters. The topological polar surface area (TPSA) is 61.8 Å². The largest absolute Gasteiger partial charge is 0.444 e. The number of hydrogen-bond acceptors (Lipinski definition) is 4. The van der Waals surface area contributed by atoms with Gasteiger partial charge in [-0.05, 0) is 51.3 Å². The van der Waals surface area contributed by atoms with Crippen molar-refractivity contribution in [3.63, 3.8) is 0 Å². The first-order valence-electron chi connectivity index (χ1n) is 7.93. The van der Waals surface area contributed by atoms with Crippen LogP contribution in [0.2, 0.25) is 0 Å². The average molecular weight is 324 g/mol. The fourth-order valence-corrected chi connectivity index (χ4v) is 2.51. The quantitative estimate of drug-likeness (QED) is 0.897. The number of anilines is 1. The van der Waals surface area contributed by atoms with E-state index in [0.29, 0.717) is 37.2 Å². The van der Waals surface area contributed by atoms with Gasteiger partial charge in [-0.1, -0.05) is 6.07 Å². The molecule has 0 aromatic heterocycles. The van der Waals surface area contributed by atoms with Gasteiger partial charge in [-0.15, -0.1) is 0 Å². The number of piperidine rings is 1. The van der Waals surface area contributed by atoms with Gasteiger partial charge in [-0.3, -0.25) is 0 Å². The molecule has 1 aromatic rings. The van der Waals surface area contributed by atoms with Crippen LogP contribution < -0.4 is 10.2 Å². The van der Waals surface area contributed by atoms with Crippen molar-refractivity contribution in [1.82, 2.24) is 5.32 Å². The number of nitrogens with zero attached hydrogens (tertiary/aromatic N) is 1. The third-order valence-corrected chi connectivity index (χ3v) is 3.65. The summed E-state index contributed by atoms with van der Waals surface area (Å²) in [4.78, 5) is 13.5. The molecule has 0 saturated carbocycles. The number of ether oxygens (including phenoxy) is 1. The highest BCUT2D eigenvalue weighted by atomic mass is 19.1. The number of amides is 1. The summed E-state index contributed by atoms with van der Waals surface area (Å²) in [7, 11) is 0. The normalized spacial score (nSPS) is 16.3. The molecule has 1 aromatic carbocycles. The molecular formula is C17H25FN2O3. The fraction of sp³-hybridized carbons (Fsp3) is 0.588. The van der Waals surface area contributed by atoms with E-state index < -0.39 is 11.7 Å². The molecule has 128 valence electrons. The number of aliphatic hydroxyl groups excluding tert-OH is 1. The van der Waals surface area contributed by atoms with Crippen LogP contribution in [0.4, 0.5) is 14.9 Å². The molecule has 1 heterocycles. The molecular weight excluding hydrogens is 299 g/mol. The van der Waals surface area contributed by atoms with Crippen molar-refractivity contribution in [3.05, 3.63) is 29.6 Å². The maximum Gasteiger partial charge on any atom is 0.407 e. The molecule has 5 nitrogen and oxygen atoms in total. The van der Waals surface area contributed by atoms with E-state index in [1.807, 2.05) is 4.90 Å². The number of rotatable bonds is 3. The Morgan fingerprint density at radius 2 is 2.04 bits per heavy atom. The molecule has 0 radical (unpaired) electrons. The molecule has 1 amide bonds. The Morgan fingerprint density at radius 1 is 1.39 bits per heavy atom. The number of nitrogens with one attached hydrogen (secondary N) is 1. The lowest BCUT2D eigenvalue weighted by molar-refractivity contribution is 0.0523. The average Bonchev–Trinajstić information content (AvgIpc) is 2.45. The fourth-order valence-electron chi connectivity index (χ4n) is 2.51. The van der Waals surface area contributed by atoms with Crippen molar-refractivity contribution in [2.75, 3.05) is 18.0 Å². The molecule has 2 N–H and O–H groups in total. The first kappa shape index (κ1) is 17.5. The predicted octanol–water partition coefficient (Wildman–Crippen LogP) is 2.81. The minimum atomic E-state index is -0.558. The molecule has 23 heavy (non-hydrogen) atoms. The first-order valence-corrected chi connectivity index (χ1v) is 7.93. The standard InChI is InChI=1S/C17H25FN2O3/c1-17(2,3)23-16(22)19-11-12-4-5-15(14(18)10-12)20-8-6-13(21)7-9-20/h4-5,10,13,21H,6-9,11H2,1-3H3,(H,19,22). The summed E-state index contributed by atoms with van der Waals surface area (Å²) in [6.07, 6.45) is 0.501. The number of alkyl carbamates (subject to hydrolysis) is 1. The van der Waals surface area contributed by atoms with Gasteiger partial charge in [0, 0.05) is 19.6 Å². The highest BCUT2D eigenvalue weighted by Gasteiger charge is 2.20. The van der Waals surface area contributed by atoms with Gasteiger partial charge in [0.15, 0.2) is 0 Å². The van der Waals surface area contributed by atoms with E-state index in [1.165, 1.54) is 6.07 Å². The molecule has 6 heteroatoms. The zero-order valence-electron chi connectivity index (χ0n) is 13.9. The number of benzene rings is 1. The van der Waals surface area contributed by atoms with Gasteiger partial charge < -0.3 is 20.1 Å². The number of aliphatic hydroxyl groups is 1. The number of halogens is 1. The summed E-state index contributed by atoms with van der Waals surface area (Å²) in [6, 6.07) is 4.94. The summed E-state index contributed by atoms with van der Waals surface area (Å²) in [5.41, 5.74) is 0.657. The van der Waals surface area contributed by atoms with E-state index in [4.69, 9.17) is 4.74 Å². The van der Waals surface area contributed by atoms with Crippen LogP contribution in [0.15, 0.2) is 18.2 Å². The number of hydrogen-bond donors (Lipinski definition) is 2. The van der Waals surface area contributed by atoms with Crippen LogP contribution in [0.25, 0.3) is 0 Å². The highest BCUT2D eigenvalue weighted by molar-refractivity contribution is 5.67. The Kier molecular flexibility index (Phi) is 5.46. The summed E-state index contributed by atoms with van der Waals surface area (Å²) in [5, 5.41) is 12.1. The molecule has 0 aliphatic carbocycles. The monoisotopic (exact) mass is 324 g/mol. The number of carbonyl (C=O) groups is 1. The Bertz CT molecular complexity index is 549. The third kappa shape index (κ3) is 5.39. The molecule has 0 bridgehead atoms. The molecule has 1 fully saturated rings. The highest BCUT2D eigenvalue weighted by Crippen LogP contribution is 2.24. The zero-order valence-corrected chi connectivity index (χ0v) is 13.9. The van der Waals surface area contributed by atoms with Gasteiger partial charge in [0.1, 0.15) is 11.4 Å². The van der Waals surface area contributed by atoms with Gasteiger partial charge >= 0.3 is 6.09 Å². The van der Waals surface area contributed by atoms with Crippen molar-refractivity contribution in [1.29, 1.82) is 0 Å². The zero-order chi connectivity index (χ0) is 17.0. The minimum absolute atomic E-state index is 0.213. The second-order valence-corrected chi connectivity index (χ2v) is 6.86. The van der Waals surface area contributed by atoms with E-state index >= 15 is 0 Å². The van der Waals surface area contributed by atoms with Gasteiger partial charge in [0.2, 0.25) is 0 Å². The van der Waals surface area contributed by atoms with E-state index in [0.717, 1.165) is 0 Å². The minimum Gasteiger partial charge on any atom is -0.444 e. The molecule has 0 spiro atoms. The Morgan fingerprint density at radius 3 is 2.61 bits per heavy atom. The molecule has 1 aliphatic rings. The maximum absolute atomic E-state index is 14.3. The van der Waals surface area contributed by atoms with Crippen LogP contribution in [0, 0.1) is 5.82 Å². The van der Waals surface area contributed by atoms with Crippen LogP contribution in [0.3, 0.4) is 0 Å². The van der Waals surface area contributed by atoms with Crippen molar-refractivity contribution in [2.45, 2.75) is 51.9 Å². The Balaban J connectivity index is 1.93. The van der Waals surface area contributed by atoms with Gasteiger partial charge in [0.05, 0.1) is 11.8 Å². The second-order valence-electron chi connectivity index (χ2n) is 6.86.